The second-order valence-electron chi connectivity index (χ2n) is 6.64. The molecular formula is C21H27N. The Labute approximate surface area is 134 Å². The van der Waals surface area contributed by atoms with E-state index in [9.17, 15) is 0 Å². The first-order chi connectivity index (χ1) is 10.8. The van der Waals surface area contributed by atoms with Gasteiger partial charge in [-0.15, -0.1) is 0 Å². The molecule has 2 aromatic rings. The van der Waals surface area contributed by atoms with Crippen LogP contribution in [0.3, 0.4) is 0 Å². The van der Waals surface area contributed by atoms with Crippen LogP contribution in [0.5, 0.6) is 0 Å². The van der Waals surface area contributed by atoms with E-state index < -0.39 is 0 Å². The highest BCUT2D eigenvalue weighted by molar-refractivity contribution is 5.39. The van der Waals surface area contributed by atoms with Gasteiger partial charge in [-0.2, -0.15) is 0 Å². The van der Waals surface area contributed by atoms with Gasteiger partial charge in [0.2, 0.25) is 0 Å². The van der Waals surface area contributed by atoms with E-state index in [4.69, 9.17) is 5.73 Å². The lowest BCUT2D eigenvalue weighted by molar-refractivity contribution is 0.467. The van der Waals surface area contributed by atoms with Gasteiger partial charge in [-0.05, 0) is 54.4 Å². The zero-order valence-electron chi connectivity index (χ0n) is 13.6. The van der Waals surface area contributed by atoms with Gasteiger partial charge in [-0.3, -0.25) is 0 Å². The van der Waals surface area contributed by atoms with Crippen LogP contribution in [0.1, 0.15) is 54.4 Å². The first-order valence-corrected chi connectivity index (χ1v) is 8.69. The van der Waals surface area contributed by atoms with Crippen molar-refractivity contribution in [3.05, 3.63) is 70.8 Å². The van der Waals surface area contributed by atoms with E-state index in [-0.39, 0.29) is 6.04 Å². The molecule has 1 nitrogen and oxygen atoms in total. The second-order valence-corrected chi connectivity index (χ2v) is 6.64. The molecule has 0 aromatic heterocycles. The summed E-state index contributed by atoms with van der Waals surface area (Å²) < 4.78 is 0. The van der Waals surface area contributed by atoms with Crippen molar-refractivity contribution in [2.75, 3.05) is 0 Å². The maximum Gasteiger partial charge on any atom is 0.0114 e. The monoisotopic (exact) mass is 293 g/mol. The molecule has 2 aromatic carbocycles. The highest BCUT2D eigenvalue weighted by Gasteiger charge is 2.27. The average Bonchev–Trinajstić information content (AvgIpc) is 2.56. The maximum absolute atomic E-state index is 6.49. The average molecular weight is 293 g/mol. The molecule has 22 heavy (non-hydrogen) atoms. The van der Waals surface area contributed by atoms with E-state index in [0.29, 0.717) is 5.92 Å². The summed E-state index contributed by atoms with van der Waals surface area (Å²) in [4.78, 5) is 0. The van der Waals surface area contributed by atoms with Gasteiger partial charge in [-0.25, -0.2) is 0 Å². The summed E-state index contributed by atoms with van der Waals surface area (Å²) >= 11 is 0. The summed E-state index contributed by atoms with van der Waals surface area (Å²) in [6.07, 6.45) is 7.02. The van der Waals surface area contributed by atoms with Crippen LogP contribution in [0.25, 0.3) is 0 Å². The highest BCUT2D eigenvalue weighted by atomic mass is 14.7. The molecule has 2 unspecified atom stereocenters. The van der Waals surface area contributed by atoms with E-state index in [1.165, 1.54) is 41.5 Å². The predicted molar refractivity (Wildman–Crippen MR) is 94.2 cm³/mol. The molecule has 0 aliphatic heterocycles. The van der Waals surface area contributed by atoms with Gasteiger partial charge in [0, 0.05) is 12.0 Å². The fourth-order valence-corrected chi connectivity index (χ4v) is 3.64. The van der Waals surface area contributed by atoms with Crippen molar-refractivity contribution in [2.24, 2.45) is 5.73 Å². The van der Waals surface area contributed by atoms with Crippen LogP contribution in [0, 0.1) is 0 Å². The summed E-state index contributed by atoms with van der Waals surface area (Å²) in [5, 5.41) is 0. The fraction of sp³-hybridized carbons (Fsp3) is 0.429. The third-order valence-electron chi connectivity index (χ3n) is 4.99. The van der Waals surface area contributed by atoms with Crippen molar-refractivity contribution in [3.8, 4) is 0 Å². The van der Waals surface area contributed by atoms with E-state index in [2.05, 4.69) is 55.5 Å². The van der Waals surface area contributed by atoms with Crippen LogP contribution in [0.4, 0.5) is 0 Å². The summed E-state index contributed by atoms with van der Waals surface area (Å²) in [6.45, 7) is 2.26. The van der Waals surface area contributed by atoms with E-state index in [0.717, 1.165) is 19.3 Å². The number of fused-ring (bicyclic) bond motifs is 1. The smallest absolute Gasteiger partial charge is 0.0114 e. The Hall–Kier alpha value is -1.60. The van der Waals surface area contributed by atoms with Crippen molar-refractivity contribution < 1.29 is 0 Å². The Morgan fingerprint density at radius 3 is 2.64 bits per heavy atom. The van der Waals surface area contributed by atoms with Crippen LogP contribution >= 0.6 is 0 Å². The van der Waals surface area contributed by atoms with E-state index in [1.807, 2.05) is 0 Å². The summed E-state index contributed by atoms with van der Waals surface area (Å²) in [5.41, 5.74) is 12.4. The molecule has 3 rings (SSSR count). The molecule has 1 heteroatoms. The number of hydrogen-bond acceptors (Lipinski definition) is 1. The van der Waals surface area contributed by atoms with Gasteiger partial charge in [-0.1, -0.05) is 61.9 Å². The number of unbranched alkanes of at least 4 members (excludes halogenated alkanes) is 1. The lowest BCUT2D eigenvalue weighted by Crippen LogP contribution is -2.34. The number of rotatable bonds is 5. The van der Waals surface area contributed by atoms with Crippen molar-refractivity contribution >= 4 is 0 Å². The van der Waals surface area contributed by atoms with Gasteiger partial charge in [0.25, 0.3) is 0 Å². The van der Waals surface area contributed by atoms with Gasteiger partial charge in [0.15, 0.2) is 0 Å². The zero-order chi connectivity index (χ0) is 15.4. The van der Waals surface area contributed by atoms with Crippen molar-refractivity contribution in [3.63, 3.8) is 0 Å². The summed E-state index contributed by atoms with van der Waals surface area (Å²) in [7, 11) is 0. The van der Waals surface area contributed by atoms with Gasteiger partial charge in [0.05, 0.1) is 0 Å². The topological polar surface area (TPSA) is 26.0 Å². The summed E-state index contributed by atoms with van der Waals surface area (Å²) in [6, 6.07) is 18.2. The molecule has 0 saturated carbocycles. The Bertz CT molecular complexity index is 603. The number of hydrogen-bond donors (Lipinski definition) is 1. The van der Waals surface area contributed by atoms with Crippen molar-refractivity contribution in [1.82, 2.24) is 0 Å². The zero-order valence-corrected chi connectivity index (χ0v) is 13.6. The van der Waals surface area contributed by atoms with Gasteiger partial charge in [0.1, 0.15) is 0 Å². The first-order valence-electron chi connectivity index (χ1n) is 8.69. The lowest BCUT2D eigenvalue weighted by atomic mass is 9.76. The molecule has 1 aliphatic carbocycles. The predicted octanol–water partition coefficient (Wildman–Crippen LogP) is 4.63. The molecule has 2 N–H and O–H groups in total. The first kappa shape index (κ1) is 15.3. The normalized spacial score (nSPS) is 20.6. The molecule has 0 saturated heterocycles. The maximum atomic E-state index is 6.49. The van der Waals surface area contributed by atoms with Crippen LogP contribution in [0.15, 0.2) is 48.5 Å². The number of benzene rings is 2. The Morgan fingerprint density at radius 1 is 1.05 bits per heavy atom. The number of aryl methyl sites for hydroxylation is 2. The molecule has 0 heterocycles. The van der Waals surface area contributed by atoms with Crippen LogP contribution in [-0.4, -0.2) is 6.04 Å². The Kier molecular flexibility index (Phi) is 4.94. The minimum Gasteiger partial charge on any atom is -0.327 e. The van der Waals surface area contributed by atoms with E-state index in [1.54, 1.807) is 0 Å². The molecule has 116 valence electrons. The van der Waals surface area contributed by atoms with Gasteiger partial charge < -0.3 is 5.73 Å². The summed E-state index contributed by atoms with van der Waals surface area (Å²) in [5.74, 6) is 0.465. The fourth-order valence-electron chi connectivity index (χ4n) is 3.64. The molecule has 0 bridgehead atoms. The molecule has 0 radical (unpaired) electrons. The molecule has 2 atom stereocenters. The largest absolute Gasteiger partial charge is 0.327 e. The van der Waals surface area contributed by atoms with E-state index >= 15 is 0 Å². The SMILES string of the molecule is CCCCc1ccc2c(c1)C(Cc1ccccc1)C(N)CC2. The van der Waals surface area contributed by atoms with Crippen molar-refractivity contribution in [2.45, 2.75) is 57.4 Å². The number of nitrogens with two attached hydrogens (primary N) is 1. The standard InChI is InChI=1S/C21H27N/c1-2-3-7-17-10-11-18-12-13-21(22)20(19(18)14-17)15-16-8-5-4-6-9-16/h4-6,8-11,14,20-21H,2-3,7,12-13,15,22H2,1H3. The Morgan fingerprint density at radius 2 is 1.86 bits per heavy atom. The third kappa shape index (κ3) is 3.41. The molecule has 0 spiro atoms. The lowest BCUT2D eigenvalue weighted by Gasteiger charge is -2.32. The molecular weight excluding hydrogens is 266 g/mol. The van der Waals surface area contributed by atoms with Crippen LogP contribution in [0.2, 0.25) is 0 Å². The third-order valence-corrected chi connectivity index (χ3v) is 4.99. The molecule has 0 amide bonds. The minimum absolute atomic E-state index is 0.286. The Balaban J connectivity index is 1.87. The quantitative estimate of drug-likeness (QED) is 0.854. The minimum atomic E-state index is 0.286. The van der Waals surface area contributed by atoms with Gasteiger partial charge >= 0.3 is 0 Å². The van der Waals surface area contributed by atoms with Crippen LogP contribution in [-0.2, 0) is 19.3 Å². The molecule has 1 aliphatic rings. The molecule has 0 fully saturated rings. The second kappa shape index (κ2) is 7.11. The van der Waals surface area contributed by atoms with Crippen molar-refractivity contribution in [1.29, 1.82) is 0 Å². The highest BCUT2D eigenvalue weighted by Crippen LogP contribution is 2.34. The van der Waals surface area contributed by atoms with Crippen LogP contribution < -0.4 is 5.73 Å².